The number of aromatic nitrogens is 1. The second-order valence-corrected chi connectivity index (χ2v) is 6.22. The number of rotatable bonds is 5. The van der Waals surface area contributed by atoms with Gasteiger partial charge in [0.15, 0.2) is 0 Å². The maximum absolute atomic E-state index is 10.0. The second-order valence-electron chi connectivity index (χ2n) is 4.21. The molecular weight excluding hydrogens is 324 g/mol. The van der Waals surface area contributed by atoms with E-state index >= 15 is 0 Å². The molecule has 3 nitrogen and oxygen atoms in total. The van der Waals surface area contributed by atoms with Crippen molar-refractivity contribution in [3.63, 3.8) is 0 Å². The first-order valence-electron chi connectivity index (χ1n) is 5.90. The lowest BCUT2D eigenvalue weighted by atomic mass is 10.1. The zero-order valence-electron chi connectivity index (χ0n) is 10.3. The van der Waals surface area contributed by atoms with Gasteiger partial charge in [-0.15, -0.1) is 11.8 Å². The van der Waals surface area contributed by atoms with E-state index in [1.54, 1.807) is 24.0 Å². The molecule has 0 amide bonds. The molecular formula is C14H15BrN2OS. The van der Waals surface area contributed by atoms with Crippen LogP contribution in [0, 0.1) is 0 Å². The molecule has 0 aliphatic heterocycles. The summed E-state index contributed by atoms with van der Waals surface area (Å²) >= 11 is 5.04. The van der Waals surface area contributed by atoms with Gasteiger partial charge in [-0.25, -0.2) is 4.98 Å². The summed E-state index contributed by atoms with van der Waals surface area (Å²) < 4.78 is 1.06. The molecule has 1 atom stereocenters. The Kier molecular flexibility index (Phi) is 5.24. The van der Waals surface area contributed by atoms with E-state index in [0.29, 0.717) is 18.0 Å². The fourth-order valence-electron chi connectivity index (χ4n) is 1.68. The highest BCUT2D eigenvalue weighted by Gasteiger charge is 2.07. The Labute approximate surface area is 125 Å². The molecule has 1 unspecified atom stereocenters. The van der Waals surface area contributed by atoms with Crippen LogP contribution in [0.25, 0.3) is 0 Å². The Morgan fingerprint density at radius 2 is 2.00 bits per heavy atom. The van der Waals surface area contributed by atoms with Crippen LogP contribution in [0.15, 0.2) is 52.0 Å². The summed E-state index contributed by atoms with van der Waals surface area (Å²) in [7, 11) is 0. The average molecular weight is 339 g/mol. The van der Waals surface area contributed by atoms with E-state index in [4.69, 9.17) is 5.73 Å². The molecule has 1 heterocycles. The highest BCUT2D eigenvalue weighted by Crippen LogP contribution is 2.22. The van der Waals surface area contributed by atoms with Crippen LogP contribution < -0.4 is 5.73 Å². The number of pyridine rings is 1. The van der Waals surface area contributed by atoms with Gasteiger partial charge >= 0.3 is 0 Å². The highest BCUT2D eigenvalue weighted by atomic mass is 79.9. The van der Waals surface area contributed by atoms with E-state index in [0.717, 1.165) is 14.9 Å². The Morgan fingerprint density at radius 3 is 2.68 bits per heavy atom. The van der Waals surface area contributed by atoms with Gasteiger partial charge in [-0.2, -0.15) is 0 Å². The molecule has 1 aromatic heterocycles. The average Bonchev–Trinajstić information content (AvgIpc) is 2.38. The summed E-state index contributed by atoms with van der Waals surface area (Å²) in [6, 6.07) is 11.7. The zero-order valence-corrected chi connectivity index (χ0v) is 12.7. The number of hydrogen-bond acceptors (Lipinski definition) is 4. The normalized spacial score (nSPS) is 12.3. The van der Waals surface area contributed by atoms with E-state index in [9.17, 15) is 5.11 Å². The Hall–Kier alpha value is -1.04. The lowest BCUT2D eigenvalue weighted by Crippen LogP contribution is -2.13. The third-order valence-corrected chi connectivity index (χ3v) is 4.26. The van der Waals surface area contributed by atoms with Crippen molar-refractivity contribution in [3.05, 3.63) is 52.6 Å². The first kappa shape index (κ1) is 14.4. The van der Waals surface area contributed by atoms with Gasteiger partial charge in [0.2, 0.25) is 0 Å². The van der Waals surface area contributed by atoms with Crippen LogP contribution in [-0.4, -0.2) is 21.9 Å². The number of hydrogen-bond donors (Lipinski definition) is 2. The number of halogens is 1. The first-order chi connectivity index (χ1) is 9.13. The number of thioether (sulfide) groups is 1. The second kappa shape index (κ2) is 6.93. The van der Waals surface area contributed by atoms with E-state index in [1.807, 2.05) is 30.3 Å². The maximum Gasteiger partial charge on any atom is 0.123 e. The topological polar surface area (TPSA) is 59.1 Å². The summed E-state index contributed by atoms with van der Waals surface area (Å²) in [6.45, 7) is 0. The quantitative estimate of drug-likeness (QED) is 0.822. The van der Waals surface area contributed by atoms with Gasteiger partial charge in [0.25, 0.3) is 0 Å². The smallest absolute Gasteiger partial charge is 0.123 e. The van der Waals surface area contributed by atoms with Gasteiger partial charge in [-0.1, -0.05) is 15.9 Å². The van der Waals surface area contributed by atoms with Crippen molar-refractivity contribution in [2.45, 2.75) is 17.4 Å². The molecule has 0 saturated heterocycles. The van der Waals surface area contributed by atoms with Gasteiger partial charge in [0.1, 0.15) is 5.82 Å². The minimum absolute atomic E-state index is 0.393. The lowest BCUT2D eigenvalue weighted by molar-refractivity contribution is 0.200. The SMILES string of the molecule is Nc1cc(CC(O)CSc2ccc(Br)cc2)ccn1. The number of nitrogen functional groups attached to an aromatic ring is 1. The van der Waals surface area contributed by atoms with Gasteiger partial charge in [-0.05, 0) is 48.4 Å². The molecule has 0 bridgehead atoms. The van der Waals surface area contributed by atoms with Crippen LogP contribution in [-0.2, 0) is 6.42 Å². The van der Waals surface area contributed by atoms with Crippen LogP contribution in [0.4, 0.5) is 5.82 Å². The van der Waals surface area contributed by atoms with Gasteiger partial charge < -0.3 is 10.8 Å². The zero-order chi connectivity index (χ0) is 13.7. The summed E-state index contributed by atoms with van der Waals surface area (Å²) in [5.41, 5.74) is 6.62. The molecule has 0 fully saturated rings. The molecule has 2 aromatic rings. The summed E-state index contributed by atoms with van der Waals surface area (Å²) in [4.78, 5) is 5.08. The van der Waals surface area contributed by atoms with E-state index in [-0.39, 0.29) is 0 Å². The fraction of sp³-hybridized carbons (Fsp3) is 0.214. The van der Waals surface area contributed by atoms with Crippen molar-refractivity contribution in [1.29, 1.82) is 0 Å². The van der Waals surface area contributed by atoms with E-state index in [2.05, 4.69) is 20.9 Å². The lowest BCUT2D eigenvalue weighted by Gasteiger charge is -2.10. The number of aliphatic hydroxyl groups excluding tert-OH is 1. The minimum Gasteiger partial charge on any atom is -0.392 e. The summed E-state index contributed by atoms with van der Waals surface area (Å²) in [5.74, 6) is 1.15. The largest absolute Gasteiger partial charge is 0.392 e. The Morgan fingerprint density at radius 1 is 1.26 bits per heavy atom. The number of aliphatic hydroxyl groups is 1. The highest BCUT2D eigenvalue weighted by molar-refractivity contribution is 9.10. The van der Waals surface area contributed by atoms with Gasteiger partial charge in [0, 0.05) is 21.3 Å². The van der Waals surface area contributed by atoms with Crippen LogP contribution >= 0.6 is 27.7 Å². The predicted octanol–water partition coefficient (Wildman–Crippen LogP) is 3.12. The minimum atomic E-state index is -0.393. The van der Waals surface area contributed by atoms with Crippen molar-refractivity contribution in [3.8, 4) is 0 Å². The molecule has 0 spiro atoms. The maximum atomic E-state index is 10.0. The van der Waals surface area contributed by atoms with Crippen molar-refractivity contribution in [2.75, 3.05) is 11.5 Å². The van der Waals surface area contributed by atoms with Crippen molar-refractivity contribution in [1.82, 2.24) is 4.98 Å². The molecule has 100 valence electrons. The number of benzene rings is 1. The van der Waals surface area contributed by atoms with Crippen molar-refractivity contribution in [2.24, 2.45) is 0 Å². The Balaban J connectivity index is 1.84. The predicted molar refractivity (Wildman–Crippen MR) is 83.2 cm³/mol. The molecule has 0 saturated carbocycles. The monoisotopic (exact) mass is 338 g/mol. The summed E-state index contributed by atoms with van der Waals surface area (Å²) in [5, 5.41) is 10.0. The van der Waals surface area contributed by atoms with Crippen LogP contribution in [0.1, 0.15) is 5.56 Å². The molecule has 0 aliphatic carbocycles. The van der Waals surface area contributed by atoms with E-state index < -0.39 is 6.10 Å². The van der Waals surface area contributed by atoms with Crippen molar-refractivity contribution < 1.29 is 5.11 Å². The third kappa shape index (κ3) is 4.86. The summed E-state index contributed by atoms with van der Waals surface area (Å²) in [6.07, 6.45) is 1.87. The fourth-order valence-corrected chi connectivity index (χ4v) is 2.77. The number of anilines is 1. The molecule has 19 heavy (non-hydrogen) atoms. The van der Waals surface area contributed by atoms with Crippen LogP contribution in [0.5, 0.6) is 0 Å². The van der Waals surface area contributed by atoms with Crippen LogP contribution in [0.2, 0.25) is 0 Å². The van der Waals surface area contributed by atoms with Gasteiger partial charge in [-0.3, -0.25) is 0 Å². The Bertz CT molecular complexity index is 533. The van der Waals surface area contributed by atoms with Crippen LogP contribution in [0.3, 0.4) is 0 Å². The number of nitrogens with two attached hydrogens (primary N) is 1. The molecule has 0 aliphatic rings. The van der Waals surface area contributed by atoms with Crippen molar-refractivity contribution >= 4 is 33.5 Å². The number of nitrogens with zero attached hydrogens (tertiary/aromatic N) is 1. The standard InChI is InChI=1S/C14H15BrN2OS/c15-11-1-3-13(4-2-11)19-9-12(18)7-10-5-6-17-14(16)8-10/h1-6,8,12,18H,7,9H2,(H2,16,17). The van der Waals surface area contributed by atoms with Gasteiger partial charge in [0.05, 0.1) is 6.10 Å². The molecule has 1 aromatic carbocycles. The molecule has 3 N–H and O–H groups in total. The molecule has 2 rings (SSSR count). The molecule has 0 radical (unpaired) electrons. The molecule has 5 heteroatoms. The first-order valence-corrected chi connectivity index (χ1v) is 7.68. The third-order valence-electron chi connectivity index (χ3n) is 2.57. The van der Waals surface area contributed by atoms with E-state index in [1.165, 1.54) is 0 Å².